The third-order valence-corrected chi connectivity index (χ3v) is 2.78. The fraction of sp³-hybridized carbons (Fsp3) is 0.385. The van der Waals surface area contributed by atoms with Crippen molar-refractivity contribution in [3.8, 4) is 0 Å². The zero-order valence-corrected chi connectivity index (χ0v) is 12.2. The molecule has 1 aromatic carbocycles. The molecule has 1 N–H and O–H groups in total. The van der Waals surface area contributed by atoms with Gasteiger partial charge in [0, 0.05) is 25.2 Å². The number of carbonyl (C=O) groups is 2. The molecular weight excluding hydrogens is 349 g/mol. The molecule has 0 spiro atoms. The second-order valence-corrected chi connectivity index (χ2v) is 4.70. The fourth-order valence-corrected chi connectivity index (χ4v) is 1.75. The van der Waals surface area contributed by atoms with Crippen molar-refractivity contribution < 1.29 is 40.3 Å². The van der Waals surface area contributed by atoms with Gasteiger partial charge in [0.05, 0.1) is 0 Å². The van der Waals surface area contributed by atoms with Crippen molar-refractivity contribution in [1.29, 1.82) is 0 Å². The molecule has 0 aromatic heterocycles. The topological polar surface area (TPSA) is 49.4 Å². The Hall–Kier alpha value is -2.33. The molecule has 134 valence electrons. The molecule has 0 bridgehead atoms. The second-order valence-electron chi connectivity index (χ2n) is 4.70. The molecule has 1 rings (SSSR count). The van der Waals surface area contributed by atoms with Crippen LogP contribution >= 0.6 is 0 Å². The lowest BCUT2D eigenvalue weighted by atomic mass is 10.2. The van der Waals surface area contributed by atoms with E-state index >= 15 is 0 Å². The van der Waals surface area contributed by atoms with E-state index in [4.69, 9.17) is 0 Å². The Morgan fingerprint density at radius 3 is 1.71 bits per heavy atom. The summed E-state index contributed by atoms with van der Waals surface area (Å²) in [4.78, 5) is 21.2. The van der Waals surface area contributed by atoms with Crippen LogP contribution in [0.4, 0.5) is 42.1 Å². The highest BCUT2D eigenvalue weighted by Gasteiger charge is 2.76. The molecule has 0 unspecified atom stereocenters. The molecule has 1 aromatic rings. The highest BCUT2D eigenvalue weighted by Crippen LogP contribution is 2.49. The van der Waals surface area contributed by atoms with Gasteiger partial charge >= 0.3 is 18.1 Å². The molecule has 4 nitrogen and oxygen atoms in total. The number of halogens is 7. The standard InChI is InChI=1S/C13H11F7N2O2/c1-7(23)21-9-3-5-10(6-4-9)22(8(2)24)13(19,20)11(14,15)12(16,17)18/h3-6H,1-2H3,(H,21,23). The van der Waals surface area contributed by atoms with Crippen molar-refractivity contribution in [2.24, 2.45) is 0 Å². The highest BCUT2D eigenvalue weighted by atomic mass is 19.4. The van der Waals surface area contributed by atoms with Gasteiger partial charge in [0.15, 0.2) is 0 Å². The summed E-state index contributed by atoms with van der Waals surface area (Å²) >= 11 is 0. The van der Waals surface area contributed by atoms with E-state index in [9.17, 15) is 40.3 Å². The van der Waals surface area contributed by atoms with Crippen molar-refractivity contribution in [2.45, 2.75) is 32.0 Å². The predicted molar refractivity (Wildman–Crippen MR) is 69.9 cm³/mol. The van der Waals surface area contributed by atoms with Crippen LogP contribution in [0.3, 0.4) is 0 Å². The maximum atomic E-state index is 13.8. The Kier molecular flexibility index (Phi) is 5.16. The quantitative estimate of drug-likeness (QED) is 0.656. The number of alkyl halides is 7. The first kappa shape index (κ1) is 19.7. The van der Waals surface area contributed by atoms with Gasteiger partial charge in [0.1, 0.15) is 0 Å². The Balaban J connectivity index is 3.33. The van der Waals surface area contributed by atoms with E-state index in [2.05, 4.69) is 5.32 Å². The molecule has 0 aliphatic heterocycles. The van der Waals surface area contributed by atoms with Gasteiger partial charge in [-0.25, -0.2) is 4.90 Å². The SMILES string of the molecule is CC(=O)Nc1ccc(N(C(C)=O)C(F)(F)C(F)(F)C(F)(F)F)cc1. The van der Waals surface area contributed by atoms with E-state index in [1.54, 1.807) is 0 Å². The molecule has 2 amide bonds. The molecule has 0 atom stereocenters. The van der Waals surface area contributed by atoms with Gasteiger partial charge in [-0.05, 0) is 24.3 Å². The number of anilines is 2. The number of rotatable bonds is 4. The van der Waals surface area contributed by atoms with Gasteiger partial charge < -0.3 is 5.32 Å². The lowest BCUT2D eigenvalue weighted by Gasteiger charge is -2.36. The predicted octanol–water partition coefficient (Wildman–Crippen LogP) is 3.79. The third kappa shape index (κ3) is 3.60. The summed E-state index contributed by atoms with van der Waals surface area (Å²) in [5.41, 5.74) is -0.828. The van der Waals surface area contributed by atoms with Gasteiger partial charge in [0.2, 0.25) is 11.8 Å². The average Bonchev–Trinajstić information content (AvgIpc) is 2.38. The zero-order valence-electron chi connectivity index (χ0n) is 12.2. The number of hydrogen-bond acceptors (Lipinski definition) is 2. The summed E-state index contributed by atoms with van der Waals surface area (Å²) in [6, 6.07) is -2.52. The molecule has 24 heavy (non-hydrogen) atoms. The Bertz CT molecular complexity index is 626. The monoisotopic (exact) mass is 360 g/mol. The molecule has 11 heteroatoms. The van der Waals surface area contributed by atoms with Gasteiger partial charge in [-0.3, -0.25) is 9.59 Å². The summed E-state index contributed by atoms with van der Waals surface area (Å²) in [6.45, 7) is 1.55. The molecular formula is C13H11F7N2O2. The summed E-state index contributed by atoms with van der Waals surface area (Å²) in [5, 5.41) is 2.24. The van der Waals surface area contributed by atoms with Crippen LogP contribution in [0.1, 0.15) is 13.8 Å². The number of carbonyl (C=O) groups excluding carboxylic acids is 2. The van der Waals surface area contributed by atoms with E-state index in [0.29, 0.717) is 19.1 Å². The van der Waals surface area contributed by atoms with Crippen LogP contribution in [0, 0.1) is 0 Å². The van der Waals surface area contributed by atoms with E-state index in [-0.39, 0.29) is 5.69 Å². The number of hydrogen-bond donors (Lipinski definition) is 1. The Labute approximate surface area is 131 Å². The number of nitrogens with zero attached hydrogens (tertiary/aromatic N) is 1. The van der Waals surface area contributed by atoms with Crippen LogP contribution in [0.5, 0.6) is 0 Å². The first-order valence-electron chi connectivity index (χ1n) is 6.22. The maximum Gasteiger partial charge on any atom is 0.462 e. The van der Waals surface area contributed by atoms with Crippen molar-refractivity contribution >= 4 is 23.2 Å². The molecule has 0 heterocycles. The van der Waals surface area contributed by atoms with Crippen molar-refractivity contribution in [3.05, 3.63) is 24.3 Å². The first-order valence-corrected chi connectivity index (χ1v) is 6.22. The lowest BCUT2D eigenvalue weighted by Crippen LogP contribution is -2.62. The van der Waals surface area contributed by atoms with E-state index in [1.165, 1.54) is 0 Å². The molecule has 0 saturated heterocycles. The Morgan fingerprint density at radius 2 is 1.38 bits per heavy atom. The van der Waals surface area contributed by atoms with E-state index < -0.39 is 40.5 Å². The molecule has 0 aliphatic rings. The smallest absolute Gasteiger partial charge is 0.326 e. The average molecular weight is 360 g/mol. The van der Waals surface area contributed by atoms with E-state index in [1.807, 2.05) is 0 Å². The fourth-order valence-electron chi connectivity index (χ4n) is 1.75. The number of nitrogens with one attached hydrogen (secondary N) is 1. The summed E-state index contributed by atoms with van der Waals surface area (Å²) in [6.07, 6.45) is -6.57. The summed E-state index contributed by atoms with van der Waals surface area (Å²) in [7, 11) is 0. The van der Waals surface area contributed by atoms with Crippen molar-refractivity contribution in [1.82, 2.24) is 0 Å². The first-order chi connectivity index (χ1) is 10.7. The van der Waals surface area contributed by atoms with Crippen LogP contribution in [-0.2, 0) is 9.59 Å². The van der Waals surface area contributed by atoms with Crippen LogP contribution in [0.25, 0.3) is 0 Å². The summed E-state index contributed by atoms with van der Waals surface area (Å²) in [5.74, 6) is -8.72. The minimum absolute atomic E-state index is 0.0700. The van der Waals surface area contributed by atoms with Gasteiger partial charge in [0.25, 0.3) is 0 Å². The minimum Gasteiger partial charge on any atom is -0.326 e. The van der Waals surface area contributed by atoms with Gasteiger partial charge in [-0.2, -0.15) is 30.7 Å². The van der Waals surface area contributed by atoms with Crippen molar-refractivity contribution in [2.75, 3.05) is 10.2 Å². The van der Waals surface area contributed by atoms with Crippen LogP contribution < -0.4 is 10.2 Å². The summed E-state index contributed by atoms with van der Waals surface area (Å²) < 4.78 is 90.6. The molecule has 0 radical (unpaired) electrons. The third-order valence-electron chi connectivity index (χ3n) is 2.78. The van der Waals surface area contributed by atoms with Crippen LogP contribution in [-0.4, -0.2) is 30.0 Å². The van der Waals surface area contributed by atoms with Crippen LogP contribution in [0.15, 0.2) is 24.3 Å². The van der Waals surface area contributed by atoms with E-state index in [0.717, 1.165) is 19.1 Å². The highest BCUT2D eigenvalue weighted by molar-refractivity contribution is 5.93. The number of amides is 2. The second kappa shape index (κ2) is 6.29. The normalized spacial score (nSPS) is 12.7. The van der Waals surface area contributed by atoms with Crippen LogP contribution in [0.2, 0.25) is 0 Å². The minimum atomic E-state index is -6.57. The lowest BCUT2D eigenvalue weighted by molar-refractivity contribution is -0.352. The van der Waals surface area contributed by atoms with Crippen molar-refractivity contribution in [3.63, 3.8) is 0 Å². The molecule has 0 saturated carbocycles. The molecule has 0 fully saturated rings. The maximum absolute atomic E-state index is 13.8. The Morgan fingerprint density at radius 1 is 0.917 bits per heavy atom. The number of benzene rings is 1. The van der Waals surface area contributed by atoms with Gasteiger partial charge in [-0.1, -0.05) is 0 Å². The largest absolute Gasteiger partial charge is 0.462 e. The van der Waals surface area contributed by atoms with Gasteiger partial charge in [-0.15, -0.1) is 0 Å². The molecule has 0 aliphatic carbocycles. The zero-order chi connectivity index (χ0) is 18.9.